The number of hydrogen-bond donors (Lipinski definition) is 0. The molecular weight excluding hydrogens is 106 g/mol. The lowest BCUT2D eigenvalue weighted by Gasteiger charge is -2.30. The van der Waals surface area contributed by atoms with Gasteiger partial charge in [0.1, 0.15) is 0 Å². The monoisotopic (exact) mass is 118 g/mol. The van der Waals surface area contributed by atoms with E-state index in [1.54, 1.807) is 0 Å². The largest absolute Gasteiger partial charge is 0.762 e. The smallest absolute Gasteiger partial charge is 0.0803 e. The summed E-state index contributed by atoms with van der Waals surface area (Å²) in [5.41, 5.74) is -0.365. The van der Waals surface area contributed by atoms with E-state index in [1.165, 1.54) is 7.05 Å². The van der Waals surface area contributed by atoms with Gasteiger partial charge in [0.2, 0.25) is 0 Å². The van der Waals surface area contributed by atoms with Gasteiger partial charge in [0.05, 0.1) is 5.60 Å². The summed E-state index contributed by atoms with van der Waals surface area (Å²) in [6.07, 6.45) is 0. The lowest BCUT2D eigenvalue weighted by Crippen LogP contribution is -2.26. The predicted octanol–water partition coefficient (Wildman–Crippen LogP) is 1.15. The molecule has 50 valence electrons. The summed E-state index contributed by atoms with van der Waals surface area (Å²) in [7, 11) is 1.32. The summed E-state index contributed by atoms with van der Waals surface area (Å²) in [4.78, 5) is 4.72. The highest BCUT2D eigenvalue weighted by molar-refractivity contribution is 4.56. The molecule has 8 heavy (non-hydrogen) atoms. The Morgan fingerprint density at radius 3 is 1.75 bits per heavy atom. The molecule has 0 atom stereocenters. The summed E-state index contributed by atoms with van der Waals surface area (Å²) in [6.45, 7) is 5.46. The Labute approximate surface area is 49.8 Å². The van der Waals surface area contributed by atoms with Gasteiger partial charge in [0, 0.05) is 0 Å². The number of nitrogens with zero attached hydrogens (tertiary/aromatic N) is 1. The van der Waals surface area contributed by atoms with Crippen LogP contribution in [0.25, 0.3) is 0 Å². The Morgan fingerprint density at radius 2 is 1.75 bits per heavy atom. The van der Waals surface area contributed by atoms with Gasteiger partial charge in [-0.05, 0) is 27.8 Å². The van der Waals surface area contributed by atoms with E-state index in [-0.39, 0.29) is 5.60 Å². The maximum absolute atomic E-state index is 10.2. The highest BCUT2D eigenvalue weighted by atomic mass is 16.9. The van der Waals surface area contributed by atoms with Gasteiger partial charge in [-0.2, -0.15) is 0 Å². The molecule has 0 amide bonds. The van der Waals surface area contributed by atoms with Crippen molar-refractivity contribution in [2.24, 2.45) is 0 Å². The molecular formula is C5H12NO2-. The van der Waals surface area contributed by atoms with Crippen molar-refractivity contribution >= 4 is 0 Å². The van der Waals surface area contributed by atoms with Crippen molar-refractivity contribution in [2.75, 3.05) is 7.05 Å². The third kappa shape index (κ3) is 5.88. The first-order valence-electron chi connectivity index (χ1n) is 2.52. The van der Waals surface area contributed by atoms with Crippen LogP contribution < -0.4 is 0 Å². The van der Waals surface area contributed by atoms with E-state index in [4.69, 9.17) is 4.84 Å². The van der Waals surface area contributed by atoms with E-state index in [0.717, 1.165) is 0 Å². The first-order valence-corrected chi connectivity index (χ1v) is 2.52. The Bertz CT molecular complexity index is 65.3. The molecule has 3 heteroatoms. The molecule has 0 aromatic carbocycles. The van der Waals surface area contributed by atoms with Crippen LogP contribution in [0.1, 0.15) is 20.8 Å². The van der Waals surface area contributed by atoms with Gasteiger partial charge in [-0.15, -0.1) is 0 Å². The second kappa shape index (κ2) is 2.44. The van der Waals surface area contributed by atoms with Crippen LogP contribution in [0.5, 0.6) is 0 Å². The minimum atomic E-state index is -0.365. The van der Waals surface area contributed by atoms with Crippen molar-refractivity contribution in [3.05, 3.63) is 5.21 Å². The normalized spacial score (nSPS) is 12.8. The fraction of sp³-hybridized carbons (Fsp3) is 1.00. The molecule has 0 aromatic heterocycles. The summed E-state index contributed by atoms with van der Waals surface area (Å²) in [5, 5.41) is 10.6. The molecule has 0 heterocycles. The first kappa shape index (κ1) is 7.88. The molecule has 0 bridgehead atoms. The number of hydroxylamine groups is 2. The van der Waals surface area contributed by atoms with Gasteiger partial charge < -0.3 is 10.0 Å². The van der Waals surface area contributed by atoms with Crippen LogP contribution in [0.2, 0.25) is 0 Å². The van der Waals surface area contributed by atoms with E-state index in [2.05, 4.69) is 0 Å². The summed E-state index contributed by atoms with van der Waals surface area (Å²) >= 11 is 0. The Hall–Kier alpha value is -0.120. The lowest BCUT2D eigenvalue weighted by atomic mass is 10.2. The van der Waals surface area contributed by atoms with Crippen LogP contribution in [0.3, 0.4) is 0 Å². The van der Waals surface area contributed by atoms with E-state index >= 15 is 0 Å². The molecule has 0 fully saturated rings. The predicted molar refractivity (Wildman–Crippen MR) is 32.0 cm³/mol. The molecule has 0 aliphatic heterocycles. The number of hydrogen-bond acceptors (Lipinski definition) is 3. The molecule has 0 aliphatic carbocycles. The third-order valence-electron chi connectivity index (χ3n) is 0.402. The Balaban J connectivity index is 3.39. The van der Waals surface area contributed by atoms with Gasteiger partial charge in [-0.25, -0.2) is 0 Å². The average molecular weight is 118 g/mol. The average Bonchev–Trinajstić information content (AvgIpc) is 1.21. The maximum atomic E-state index is 10.2. The zero-order chi connectivity index (χ0) is 6.78. The topological polar surface area (TPSA) is 35.5 Å². The second-order valence-electron chi connectivity index (χ2n) is 2.64. The molecule has 0 aromatic rings. The van der Waals surface area contributed by atoms with Gasteiger partial charge >= 0.3 is 0 Å². The van der Waals surface area contributed by atoms with Crippen LogP contribution in [-0.4, -0.2) is 17.9 Å². The van der Waals surface area contributed by atoms with E-state index in [9.17, 15) is 5.21 Å². The van der Waals surface area contributed by atoms with Crippen molar-refractivity contribution in [2.45, 2.75) is 26.4 Å². The van der Waals surface area contributed by atoms with Gasteiger partial charge in [-0.3, -0.25) is 5.23 Å². The molecule has 0 rings (SSSR count). The fourth-order valence-corrected chi connectivity index (χ4v) is 0.386. The summed E-state index contributed by atoms with van der Waals surface area (Å²) < 4.78 is 0. The van der Waals surface area contributed by atoms with Crippen LogP contribution in [0, 0.1) is 5.21 Å². The standard InChI is InChI=1S/C5H12NO2/c1-5(2,3)8-6(4)7/h1-4H3/q-1. The minimum Gasteiger partial charge on any atom is -0.762 e. The molecule has 0 saturated carbocycles. The van der Waals surface area contributed by atoms with Crippen LogP contribution in [0.4, 0.5) is 0 Å². The first-order chi connectivity index (χ1) is 3.42. The highest BCUT2D eigenvalue weighted by Gasteiger charge is 2.08. The zero-order valence-corrected chi connectivity index (χ0v) is 5.76. The van der Waals surface area contributed by atoms with Crippen molar-refractivity contribution in [1.82, 2.24) is 5.23 Å². The number of rotatable bonds is 1. The third-order valence-corrected chi connectivity index (χ3v) is 0.402. The molecule has 0 radical (unpaired) electrons. The fourth-order valence-electron chi connectivity index (χ4n) is 0.386. The summed E-state index contributed by atoms with van der Waals surface area (Å²) in [5.74, 6) is 0. The van der Waals surface area contributed by atoms with E-state index < -0.39 is 0 Å². The highest BCUT2D eigenvalue weighted by Crippen LogP contribution is 2.06. The lowest BCUT2D eigenvalue weighted by molar-refractivity contribution is -0.183. The van der Waals surface area contributed by atoms with Crippen LogP contribution in [-0.2, 0) is 4.84 Å². The van der Waals surface area contributed by atoms with E-state index in [1.807, 2.05) is 20.8 Å². The Morgan fingerprint density at radius 1 is 1.38 bits per heavy atom. The van der Waals surface area contributed by atoms with Crippen molar-refractivity contribution < 1.29 is 4.84 Å². The minimum absolute atomic E-state index is 0.365. The van der Waals surface area contributed by atoms with Crippen molar-refractivity contribution in [3.63, 3.8) is 0 Å². The summed E-state index contributed by atoms with van der Waals surface area (Å²) in [6, 6.07) is 0. The van der Waals surface area contributed by atoms with E-state index in [0.29, 0.717) is 5.23 Å². The van der Waals surface area contributed by atoms with Gasteiger partial charge in [0.15, 0.2) is 0 Å². The molecule has 0 aliphatic rings. The van der Waals surface area contributed by atoms with Gasteiger partial charge in [-0.1, -0.05) is 0 Å². The molecule has 0 saturated heterocycles. The molecule has 0 N–H and O–H groups in total. The zero-order valence-electron chi connectivity index (χ0n) is 5.76. The van der Waals surface area contributed by atoms with Crippen LogP contribution >= 0.6 is 0 Å². The molecule has 0 spiro atoms. The SMILES string of the molecule is CN([O-])OC(C)(C)C. The maximum Gasteiger partial charge on any atom is 0.0803 e. The van der Waals surface area contributed by atoms with Crippen molar-refractivity contribution in [3.8, 4) is 0 Å². The van der Waals surface area contributed by atoms with Crippen molar-refractivity contribution in [1.29, 1.82) is 0 Å². The molecule has 3 nitrogen and oxygen atoms in total. The second-order valence-corrected chi connectivity index (χ2v) is 2.64. The quantitative estimate of drug-likeness (QED) is 0.484. The van der Waals surface area contributed by atoms with Crippen LogP contribution in [0.15, 0.2) is 0 Å². The van der Waals surface area contributed by atoms with Gasteiger partial charge in [0.25, 0.3) is 0 Å². The molecule has 0 unspecified atom stereocenters. The Kier molecular flexibility index (Phi) is 2.40.